The Bertz CT molecular complexity index is 883. The van der Waals surface area contributed by atoms with Crippen molar-refractivity contribution in [3.63, 3.8) is 0 Å². The first-order valence-electron chi connectivity index (χ1n) is 11.4. The lowest BCUT2D eigenvalue weighted by molar-refractivity contribution is -0.139. The first kappa shape index (κ1) is 24.8. The number of allylic oxidation sites excluding steroid dienone is 2. The lowest BCUT2D eigenvalue weighted by Gasteiger charge is -2.28. The van der Waals surface area contributed by atoms with Gasteiger partial charge in [-0.15, -0.1) is 0 Å². The van der Waals surface area contributed by atoms with E-state index in [0.717, 1.165) is 24.8 Å². The van der Waals surface area contributed by atoms with E-state index in [-0.39, 0.29) is 22.7 Å². The molecule has 1 unspecified atom stereocenters. The lowest BCUT2D eigenvalue weighted by atomic mass is 9.77. The molecular weight excluding hydrogens is 384 g/mol. The third-order valence-electron chi connectivity index (χ3n) is 5.56. The molecule has 168 valence electrons. The molecule has 1 aromatic heterocycles. The highest BCUT2D eigenvalue weighted by Gasteiger charge is 2.27. The molecule has 0 saturated heterocycles. The Labute approximate surface area is 188 Å². The van der Waals surface area contributed by atoms with Crippen molar-refractivity contribution in [3.8, 4) is 17.1 Å². The quantitative estimate of drug-likeness (QED) is 0.389. The van der Waals surface area contributed by atoms with Crippen LogP contribution in [0.3, 0.4) is 0 Å². The average molecular weight is 423 g/mol. The standard InChI is InChI=1S/C25H32N2O2.C2H6/c1-24(2,3)19-11-7-17(8-12-19)22-26-15-21(16-27-22)29-23(28)18-9-13-20(14-10-18)25(4,5)6;1-2/h7-8,11-13,15-16,18H,9-10,14H2,1-6H3;1-2H3. The van der Waals surface area contributed by atoms with Crippen LogP contribution in [0, 0.1) is 11.3 Å². The van der Waals surface area contributed by atoms with E-state index in [1.165, 1.54) is 11.1 Å². The molecule has 3 rings (SSSR count). The van der Waals surface area contributed by atoms with Gasteiger partial charge in [0.25, 0.3) is 0 Å². The molecule has 1 heterocycles. The third kappa shape index (κ3) is 6.75. The number of carbonyl (C=O) groups is 1. The van der Waals surface area contributed by atoms with Crippen LogP contribution >= 0.6 is 0 Å². The Kier molecular flexibility index (Phi) is 8.16. The normalized spacial score (nSPS) is 16.6. The van der Waals surface area contributed by atoms with Crippen molar-refractivity contribution in [1.29, 1.82) is 0 Å². The smallest absolute Gasteiger partial charge is 0.314 e. The molecule has 0 spiro atoms. The van der Waals surface area contributed by atoms with Gasteiger partial charge in [-0.2, -0.15) is 0 Å². The van der Waals surface area contributed by atoms with Crippen LogP contribution < -0.4 is 4.74 Å². The molecule has 1 aliphatic carbocycles. The van der Waals surface area contributed by atoms with Gasteiger partial charge in [0.05, 0.1) is 18.3 Å². The Morgan fingerprint density at radius 2 is 1.52 bits per heavy atom. The molecular formula is C27H38N2O2. The van der Waals surface area contributed by atoms with Crippen molar-refractivity contribution in [2.45, 2.75) is 80.1 Å². The fraction of sp³-hybridized carbons (Fsp3) is 0.519. The fourth-order valence-electron chi connectivity index (χ4n) is 3.57. The van der Waals surface area contributed by atoms with Gasteiger partial charge in [-0.3, -0.25) is 4.79 Å². The molecule has 0 N–H and O–H groups in total. The molecule has 0 radical (unpaired) electrons. The van der Waals surface area contributed by atoms with Gasteiger partial charge in [-0.25, -0.2) is 9.97 Å². The number of esters is 1. The summed E-state index contributed by atoms with van der Waals surface area (Å²) in [6, 6.07) is 8.27. The SMILES string of the molecule is CC.CC(C)(C)C1=CCC(C(=O)Oc2cnc(-c3ccc(C(C)(C)C)cc3)nc2)CC1. The molecule has 0 fully saturated rings. The lowest BCUT2D eigenvalue weighted by Crippen LogP contribution is -2.24. The Morgan fingerprint density at radius 1 is 0.935 bits per heavy atom. The topological polar surface area (TPSA) is 52.1 Å². The summed E-state index contributed by atoms with van der Waals surface area (Å²) in [4.78, 5) is 21.3. The molecule has 2 aromatic rings. The predicted molar refractivity (Wildman–Crippen MR) is 128 cm³/mol. The summed E-state index contributed by atoms with van der Waals surface area (Å²) in [6.07, 6.45) is 7.89. The van der Waals surface area contributed by atoms with Gasteiger partial charge in [0, 0.05) is 5.56 Å². The van der Waals surface area contributed by atoms with E-state index in [1.54, 1.807) is 12.4 Å². The van der Waals surface area contributed by atoms with E-state index < -0.39 is 0 Å². The van der Waals surface area contributed by atoms with Crippen LogP contribution in [-0.2, 0) is 10.2 Å². The minimum absolute atomic E-state index is 0.0919. The largest absolute Gasteiger partial charge is 0.423 e. The predicted octanol–water partition coefficient (Wildman–Crippen LogP) is 7.15. The summed E-state index contributed by atoms with van der Waals surface area (Å²) >= 11 is 0. The summed E-state index contributed by atoms with van der Waals surface area (Å²) in [6.45, 7) is 17.2. The molecule has 0 saturated carbocycles. The van der Waals surface area contributed by atoms with Crippen LogP contribution in [0.15, 0.2) is 48.3 Å². The molecule has 4 nitrogen and oxygen atoms in total. The molecule has 4 heteroatoms. The highest BCUT2D eigenvalue weighted by atomic mass is 16.5. The monoisotopic (exact) mass is 422 g/mol. The number of carbonyl (C=O) groups excluding carboxylic acids is 1. The summed E-state index contributed by atoms with van der Waals surface area (Å²) in [5.74, 6) is 0.738. The summed E-state index contributed by atoms with van der Waals surface area (Å²) in [7, 11) is 0. The van der Waals surface area contributed by atoms with Crippen molar-refractivity contribution in [3.05, 3.63) is 53.9 Å². The number of nitrogens with zero attached hydrogens (tertiary/aromatic N) is 2. The zero-order valence-corrected chi connectivity index (χ0v) is 20.5. The van der Waals surface area contributed by atoms with Gasteiger partial charge >= 0.3 is 5.97 Å². The number of aromatic nitrogens is 2. The Morgan fingerprint density at radius 3 is 1.97 bits per heavy atom. The Balaban J connectivity index is 0.00000166. The first-order chi connectivity index (χ1) is 14.5. The van der Waals surface area contributed by atoms with E-state index in [2.05, 4.69) is 69.7 Å². The van der Waals surface area contributed by atoms with Crippen molar-refractivity contribution in [2.75, 3.05) is 0 Å². The number of hydrogen-bond donors (Lipinski definition) is 0. The second kappa shape index (κ2) is 10.2. The molecule has 1 aromatic carbocycles. The van der Waals surface area contributed by atoms with Gasteiger partial charge in [0.2, 0.25) is 0 Å². The molecule has 0 bridgehead atoms. The van der Waals surface area contributed by atoms with E-state index in [9.17, 15) is 4.79 Å². The molecule has 1 aliphatic rings. The number of hydrogen-bond acceptors (Lipinski definition) is 4. The minimum Gasteiger partial charge on any atom is -0.423 e. The van der Waals surface area contributed by atoms with Crippen LogP contribution in [0.5, 0.6) is 5.75 Å². The third-order valence-corrected chi connectivity index (χ3v) is 5.56. The van der Waals surface area contributed by atoms with Crippen molar-refractivity contribution < 1.29 is 9.53 Å². The molecule has 1 atom stereocenters. The zero-order chi connectivity index (χ0) is 23.2. The van der Waals surface area contributed by atoms with E-state index >= 15 is 0 Å². The number of benzene rings is 1. The van der Waals surface area contributed by atoms with Gasteiger partial charge in [-0.1, -0.05) is 91.3 Å². The van der Waals surface area contributed by atoms with E-state index in [1.807, 2.05) is 26.0 Å². The zero-order valence-electron chi connectivity index (χ0n) is 20.5. The van der Waals surface area contributed by atoms with Crippen LogP contribution in [0.1, 0.15) is 80.2 Å². The molecule has 0 aliphatic heterocycles. The van der Waals surface area contributed by atoms with Gasteiger partial charge in [-0.05, 0) is 35.7 Å². The molecule has 31 heavy (non-hydrogen) atoms. The molecule has 0 amide bonds. The fourth-order valence-corrected chi connectivity index (χ4v) is 3.57. The summed E-state index contributed by atoms with van der Waals surface area (Å²) in [5, 5.41) is 0. The van der Waals surface area contributed by atoms with E-state index in [0.29, 0.717) is 11.6 Å². The maximum atomic E-state index is 12.5. The van der Waals surface area contributed by atoms with Gasteiger partial charge < -0.3 is 4.74 Å². The number of ether oxygens (including phenoxy) is 1. The van der Waals surface area contributed by atoms with Crippen LogP contribution in [0.2, 0.25) is 0 Å². The first-order valence-corrected chi connectivity index (χ1v) is 11.4. The van der Waals surface area contributed by atoms with E-state index in [4.69, 9.17) is 4.74 Å². The highest BCUT2D eigenvalue weighted by Crippen LogP contribution is 2.35. The maximum Gasteiger partial charge on any atom is 0.314 e. The van der Waals surface area contributed by atoms with Crippen molar-refractivity contribution in [1.82, 2.24) is 9.97 Å². The summed E-state index contributed by atoms with van der Waals surface area (Å²) in [5.41, 5.74) is 3.92. The van der Waals surface area contributed by atoms with Crippen LogP contribution in [-0.4, -0.2) is 15.9 Å². The average Bonchev–Trinajstić information content (AvgIpc) is 2.75. The van der Waals surface area contributed by atoms with Crippen LogP contribution in [0.4, 0.5) is 0 Å². The van der Waals surface area contributed by atoms with Crippen molar-refractivity contribution >= 4 is 5.97 Å². The minimum atomic E-state index is -0.194. The van der Waals surface area contributed by atoms with Gasteiger partial charge in [0.1, 0.15) is 0 Å². The highest BCUT2D eigenvalue weighted by molar-refractivity contribution is 5.75. The Hall–Kier alpha value is -2.49. The second-order valence-electron chi connectivity index (χ2n) is 9.94. The van der Waals surface area contributed by atoms with Crippen molar-refractivity contribution in [2.24, 2.45) is 11.3 Å². The summed E-state index contributed by atoms with van der Waals surface area (Å²) < 4.78 is 5.54. The number of rotatable bonds is 3. The second-order valence-corrected chi connectivity index (χ2v) is 9.94. The van der Waals surface area contributed by atoms with Crippen LogP contribution in [0.25, 0.3) is 11.4 Å². The van der Waals surface area contributed by atoms with Gasteiger partial charge in [0.15, 0.2) is 11.6 Å². The maximum absolute atomic E-state index is 12.5.